The highest BCUT2D eigenvalue weighted by Crippen LogP contribution is 2.38. The van der Waals surface area contributed by atoms with Gasteiger partial charge in [-0.25, -0.2) is 0 Å². The molecule has 0 atom stereocenters. The van der Waals surface area contributed by atoms with E-state index in [-0.39, 0.29) is 30.2 Å². The molecule has 1 aromatic rings. The first-order chi connectivity index (χ1) is 11.2. The molecule has 0 fully saturated rings. The molecule has 0 aliphatic carbocycles. The van der Waals surface area contributed by atoms with Gasteiger partial charge >= 0.3 is 5.97 Å². The second kappa shape index (κ2) is 6.81. The molecule has 1 aliphatic heterocycles. The molecule has 0 spiro atoms. The molecule has 2 rings (SSSR count). The number of amides is 1. The van der Waals surface area contributed by atoms with Gasteiger partial charge in [0.2, 0.25) is 0 Å². The van der Waals surface area contributed by atoms with Crippen LogP contribution in [-0.2, 0) is 14.3 Å². The highest BCUT2D eigenvalue weighted by atomic mass is 35.5. The predicted molar refractivity (Wildman–Crippen MR) is 89.8 cm³/mol. The van der Waals surface area contributed by atoms with Gasteiger partial charge in [-0.2, -0.15) is 0 Å². The first-order valence-electron chi connectivity index (χ1n) is 7.59. The van der Waals surface area contributed by atoms with Crippen molar-refractivity contribution in [3.05, 3.63) is 23.8 Å². The molecular formula is C17H20ClNO5. The van der Waals surface area contributed by atoms with Gasteiger partial charge in [0.15, 0.2) is 11.4 Å². The van der Waals surface area contributed by atoms with Crippen LogP contribution in [0.2, 0.25) is 0 Å². The minimum atomic E-state index is -1.12. The number of alkyl halides is 1. The number of nitrogens with zero attached hydrogens (tertiary/aromatic N) is 1. The summed E-state index contributed by atoms with van der Waals surface area (Å²) < 4.78 is 10.8. The zero-order valence-corrected chi connectivity index (χ0v) is 14.8. The van der Waals surface area contributed by atoms with Crippen LogP contribution >= 0.6 is 11.6 Å². The zero-order chi connectivity index (χ0) is 18.1. The summed E-state index contributed by atoms with van der Waals surface area (Å²) in [6, 6.07) is 4.69. The van der Waals surface area contributed by atoms with Gasteiger partial charge in [0.1, 0.15) is 12.3 Å². The molecule has 1 aliphatic rings. The van der Waals surface area contributed by atoms with Crippen molar-refractivity contribution < 1.29 is 23.9 Å². The Labute approximate surface area is 145 Å². The molecule has 0 saturated heterocycles. The molecule has 1 amide bonds. The van der Waals surface area contributed by atoms with Crippen molar-refractivity contribution in [2.75, 3.05) is 17.3 Å². The molecule has 1 heterocycles. The fraction of sp³-hybridized carbons (Fsp3) is 0.471. The lowest BCUT2D eigenvalue weighted by atomic mass is 10.0. The van der Waals surface area contributed by atoms with E-state index in [1.807, 2.05) is 0 Å². The number of rotatable bonds is 5. The number of Topliss-reactive ketones (excluding diaryl/α,β-unsaturated/α-hetero) is 1. The highest BCUT2D eigenvalue weighted by Gasteiger charge is 2.42. The monoisotopic (exact) mass is 353 g/mol. The van der Waals surface area contributed by atoms with E-state index in [2.05, 4.69) is 0 Å². The summed E-state index contributed by atoms with van der Waals surface area (Å²) in [5.74, 6) is -0.944. The summed E-state index contributed by atoms with van der Waals surface area (Å²) in [5, 5.41) is 0. The third kappa shape index (κ3) is 3.70. The first kappa shape index (κ1) is 18.3. The Kier molecular flexibility index (Phi) is 5.18. The largest absolute Gasteiger partial charge is 0.476 e. The Balaban J connectivity index is 2.43. The van der Waals surface area contributed by atoms with E-state index in [0.29, 0.717) is 17.0 Å². The van der Waals surface area contributed by atoms with E-state index in [9.17, 15) is 14.4 Å². The fourth-order valence-electron chi connectivity index (χ4n) is 2.40. The van der Waals surface area contributed by atoms with E-state index in [1.165, 1.54) is 11.0 Å². The summed E-state index contributed by atoms with van der Waals surface area (Å²) in [5.41, 5.74) is -0.415. The van der Waals surface area contributed by atoms with Gasteiger partial charge in [-0.1, -0.05) is 0 Å². The summed E-state index contributed by atoms with van der Waals surface area (Å²) in [6.07, 6.45) is -0.287. The molecule has 1 aromatic carbocycles. The summed E-state index contributed by atoms with van der Waals surface area (Å²) in [7, 11) is 0. The van der Waals surface area contributed by atoms with E-state index >= 15 is 0 Å². The molecule has 0 saturated carbocycles. The number of benzene rings is 1. The van der Waals surface area contributed by atoms with Crippen molar-refractivity contribution in [1.29, 1.82) is 0 Å². The van der Waals surface area contributed by atoms with Gasteiger partial charge in [0.05, 0.1) is 17.7 Å². The smallest absolute Gasteiger partial charge is 0.326 e. The minimum Gasteiger partial charge on any atom is -0.476 e. The number of hydrogen-bond donors (Lipinski definition) is 0. The van der Waals surface area contributed by atoms with Crippen LogP contribution in [0.1, 0.15) is 38.1 Å². The van der Waals surface area contributed by atoms with Crippen LogP contribution in [0.4, 0.5) is 5.69 Å². The van der Waals surface area contributed by atoms with Crippen LogP contribution in [0.5, 0.6) is 5.75 Å². The summed E-state index contributed by atoms with van der Waals surface area (Å²) >= 11 is 5.59. The van der Waals surface area contributed by atoms with Crippen LogP contribution in [0, 0.1) is 0 Å². The number of hydrogen-bond acceptors (Lipinski definition) is 5. The molecule has 130 valence electrons. The maximum Gasteiger partial charge on any atom is 0.326 e. The van der Waals surface area contributed by atoms with Gasteiger partial charge in [-0.05, 0) is 45.9 Å². The van der Waals surface area contributed by atoms with E-state index in [1.54, 1.807) is 39.8 Å². The third-order valence-electron chi connectivity index (χ3n) is 3.47. The number of carbonyl (C=O) groups is 3. The fourth-order valence-corrected chi connectivity index (χ4v) is 2.56. The Morgan fingerprint density at radius 2 is 2.00 bits per heavy atom. The molecule has 0 N–H and O–H groups in total. The number of halogens is 1. The number of ether oxygens (including phenoxy) is 2. The van der Waals surface area contributed by atoms with Crippen LogP contribution in [0.3, 0.4) is 0 Å². The van der Waals surface area contributed by atoms with E-state index < -0.39 is 11.6 Å². The van der Waals surface area contributed by atoms with Crippen molar-refractivity contribution in [2.45, 2.75) is 39.4 Å². The van der Waals surface area contributed by atoms with Crippen molar-refractivity contribution in [1.82, 2.24) is 0 Å². The zero-order valence-electron chi connectivity index (χ0n) is 14.1. The van der Waals surface area contributed by atoms with E-state index in [0.717, 1.165) is 0 Å². The first-order valence-corrected chi connectivity index (χ1v) is 8.13. The number of ketones is 1. The Bertz CT molecular complexity index is 684. The van der Waals surface area contributed by atoms with Crippen molar-refractivity contribution >= 4 is 34.9 Å². The molecule has 0 bridgehead atoms. The molecular weight excluding hydrogens is 334 g/mol. The quantitative estimate of drug-likeness (QED) is 0.462. The Morgan fingerprint density at radius 3 is 2.58 bits per heavy atom. The van der Waals surface area contributed by atoms with Crippen LogP contribution in [0.15, 0.2) is 18.2 Å². The number of anilines is 1. The maximum absolute atomic E-state index is 12.7. The number of fused-ring (bicyclic) bond motifs is 1. The number of esters is 1. The van der Waals surface area contributed by atoms with Crippen LogP contribution < -0.4 is 9.64 Å². The Morgan fingerprint density at radius 1 is 1.33 bits per heavy atom. The van der Waals surface area contributed by atoms with Crippen LogP contribution in [0.25, 0.3) is 0 Å². The lowest BCUT2D eigenvalue weighted by molar-refractivity contribution is -0.147. The van der Waals surface area contributed by atoms with Gasteiger partial charge in [-0.15, -0.1) is 11.6 Å². The summed E-state index contributed by atoms with van der Waals surface area (Å²) in [6.45, 7) is 6.45. The van der Waals surface area contributed by atoms with E-state index in [4.69, 9.17) is 21.1 Å². The molecule has 0 unspecified atom stereocenters. The van der Waals surface area contributed by atoms with Crippen molar-refractivity contribution in [3.63, 3.8) is 0 Å². The highest BCUT2D eigenvalue weighted by molar-refractivity contribution is 6.30. The minimum absolute atomic E-state index is 0.172. The number of carbonyl (C=O) groups excluding carboxylic acids is 3. The van der Waals surface area contributed by atoms with Crippen LogP contribution in [-0.4, -0.2) is 41.8 Å². The summed E-state index contributed by atoms with van der Waals surface area (Å²) in [4.78, 5) is 37.8. The normalized spacial score (nSPS) is 15.8. The second-order valence-corrected chi connectivity index (χ2v) is 6.55. The van der Waals surface area contributed by atoms with Gasteiger partial charge < -0.3 is 9.47 Å². The average molecular weight is 354 g/mol. The molecule has 6 nitrogen and oxygen atoms in total. The predicted octanol–water partition coefficient (Wildman–Crippen LogP) is 2.56. The van der Waals surface area contributed by atoms with Gasteiger partial charge in [0, 0.05) is 5.56 Å². The average Bonchev–Trinajstić information content (AvgIpc) is 2.49. The third-order valence-corrected chi connectivity index (χ3v) is 3.72. The van der Waals surface area contributed by atoms with Gasteiger partial charge in [-0.3, -0.25) is 19.3 Å². The lowest BCUT2D eigenvalue weighted by Gasteiger charge is -2.38. The lowest BCUT2D eigenvalue weighted by Crippen LogP contribution is -2.54. The maximum atomic E-state index is 12.7. The Hall–Kier alpha value is -2.08. The SMILES string of the molecule is CC(C)OC(=O)CN1C(=O)C(C)(C)Oc2ccc(C(=O)CCl)cc21. The molecule has 0 radical (unpaired) electrons. The van der Waals surface area contributed by atoms with Gasteiger partial charge in [0.25, 0.3) is 5.91 Å². The van der Waals surface area contributed by atoms with Crippen molar-refractivity contribution in [3.8, 4) is 5.75 Å². The second-order valence-electron chi connectivity index (χ2n) is 6.28. The molecule has 0 aromatic heterocycles. The van der Waals surface area contributed by atoms with Crippen molar-refractivity contribution in [2.24, 2.45) is 0 Å². The molecule has 24 heavy (non-hydrogen) atoms. The topological polar surface area (TPSA) is 72.9 Å². The molecule has 7 heteroatoms. The standard InChI is InChI=1S/C17H20ClNO5/c1-10(2)23-15(21)9-19-12-7-11(13(20)8-18)5-6-14(12)24-17(3,4)16(19)22/h5-7,10H,8-9H2,1-4H3.